The maximum absolute atomic E-state index is 2.63. The van der Waals surface area contributed by atoms with Gasteiger partial charge in [0.2, 0.25) is 0 Å². The zero-order valence-electron chi connectivity index (χ0n) is 5.50. The Morgan fingerprint density at radius 2 is 0.889 bits per heavy atom. The van der Waals surface area contributed by atoms with Gasteiger partial charge in [0.05, 0.1) is 0 Å². The minimum Gasteiger partial charge on any atom is -0.246 e. The van der Waals surface area contributed by atoms with Crippen LogP contribution in [0.4, 0.5) is 0 Å². The maximum atomic E-state index is 2.63. The van der Waals surface area contributed by atoms with Crippen molar-refractivity contribution >= 4 is 0 Å². The molecule has 0 saturated heterocycles. The van der Waals surface area contributed by atoms with Gasteiger partial charge in [0, 0.05) is 0 Å². The lowest BCUT2D eigenvalue weighted by molar-refractivity contribution is 0.288. The van der Waals surface area contributed by atoms with E-state index in [2.05, 4.69) is 38.5 Å². The molecule has 0 aliphatic rings. The monoisotopic (exact) mass is 135 g/mol. The third-order valence-corrected chi connectivity index (χ3v) is 0.500. The summed E-state index contributed by atoms with van der Waals surface area (Å²) >= 11 is 0. The first kappa shape index (κ1) is 8.72. The molecule has 0 amide bonds. The van der Waals surface area contributed by atoms with E-state index < -0.39 is 0 Å². The summed E-state index contributed by atoms with van der Waals surface area (Å²) < 4.78 is 0. The smallest absolute Gasteiger partial charge is 0.000111 e. The van der Waals surface area contributed by atoms with Crippen LogP contribution >= 0.6 is 0 Å². The molecule has 0 aliphatic carbocycles. The molecule has 0 spiro atoms. The predicted molar refractivity (Wildman–Crippen MR) is 33.8 cm³/mol. The van der Waals surface area contributed by atoms with Crippen LogP contribution in [0.15, 0.2) is 0 Å². The fourth-order valence-electron chi connectivity index (χ4n) is 0.219. The van der Waals surface area contributed by atoms with Gasteiger partial charge in [0.1, 0.15) is 0 Å². The average molecular weight is 135 g/mol. The van der Waals surface area contributed by atoms with Crippen molar-refractivity contribution in [1.82, 2.24) is 38.5 Å². The minimum atomic E-state index is 1.74. The van der Waals surface area contributed by atoms with Gasteiger partial charge in [-0.3, -0.25) is 0 Å². The average Bonchev–Trinajstić information content (AvgIpc) is 1.89. The van der Waals surface area contributed by atoms with E-state index >= 15 is 0 Å². The molecule has 0 aromatic heterocycles. The summed E-state index contributed by atoms with van der Waals surface area (Å²) in [6.45, 7) is 0. The van der Waals surface area contributed by atoms with Crippen molar-refractivity contribution in [3.63, 3.8) is 0 Å². The molecular formula is C2H13N7. The molecule has 0 aromatic rings. The van der Waals surface area contributed by atoms with Crippen LogP contribution in [0, 0.1) is 0 Å². The van der Waals surface area contributed by atoms with Crippen molar-refractivity contribution in [1.29, 1.82) is 0 Å². The lowest BCUT2D eigenvalue weighted by Crippen LogP contribution is -2.60. The first-order valence-corrected chi connectivity index (χ1v) is 2.50. The molecule has 0 heterocycles. The summed E-state index contributed by atoms with van der Waals surface area (Å²) in [5.74, 6) is 0. The molecule has 7 N–H and O–H groups in total. The van der Waals surface area contributed by atoms with Gasteiger partial charge in [0.15, 0.2) is 0 Å². The zero-order valence-corrected chi connectivity index (χ0v) is 5.50. The van der Waals surface area contributed by atoms with Crippen LogP contribution < -0.4 is 38.5 Å². The Hall–Kier alpha value is -0.280. The second kappa shape index (κ2) is 7.72. The maximum Gasteiger partial charge on any atom is -0.000111 e. The van der Waals surface area contributed by atoms with Crippen LogP contribution in [0.3, 0.4) is 0 Å². The largest absolute Gasteiger partial charge is 0.246 e. The molecule has 7 nitrogen and oxygen atoms in total. The quantitative estimate of drug-likeness (QED) is 0.153. The summed E-state index contributed by atoms with van der Waals surface area (Å²) in [6, 6.07) is 0. The van der Waals surface area contributed by atoms with Crippen molar-refractivity contribution in [2.75, 3.05) is 14.1 Å². The topological polar surface area (TPSA) is 84.2 Å². The third-order valence-electron chi connectivity index (χ3n) is 0.500. The first-order chi connectivity index (χ1) is 4.41. The Balaban J connectivity index is 2.60. The van der Waals surface area contributed by atoms with E-state index in [1.165, 1.54) is 0 Å². The van der Waals surface area contributed by atoms with Crippen molar-refractivity contribution in [3.8, 4) is 0 Å². The van der Waals surface area contributed by atoms with Crippen LogP contribution in [-0.4, -0.2) is 14.1 Å². The number of nitrogens with one attached hydrogen (secondary N) is 7. The van der Waals surface area contributed by atoms with Crippen molar-refractivity contribution in [3.05, 3.63) is 0 Å². The molecule has 0 aromatic carbocycles. The molecule has 0 aliphatic heterocycles. The SMILES string of the molecule is CNNNNNNNC. The molecule has 9 heavy (non-hydrogen) atoms. The van der Waals surface area contributed by atoms with Crippen molar-refractivity contribution in [2.24, 2.45) is 0 Å². The fraction of sp³-hybridized carbons (Fsp3) is 1.00. The molecular weight excluding hydrogens is 122 g/mol. The van der Waals surface area contributed by atoms with Crippen molar-refractivity contribution in [2.45, 2.75) is 0 Å². The summed E-state index contributed by atoms with van der Waals surface area (Å²) in [5, 5.41) is 0. The van der Waals surface area contributed by atoms with E-state index in [4.69, 9.17) is 0 Å². The molecule has 0 saturated carbocycles. The molecule has 0 unspecified atom stereocenters. The van der Waals surface area contributed by atoms with Gasteiger partial charge in [-0.2, -0.15) is 27.7 Å². The molecule has 0 bridgehead atoms. The zero-order chi connectivity index (χ0) is 6.95. The second-order valence-corrected chi connectivity index (χ2v) is 1.12. The Kier molecular flexibility index (Phi) is 7.48. The van der Waals surface area contributed by atoms with Crippen molar-refractivity contribution < 1.29 is 0 Å². The van der Waals surface area contributed by atoms with E-state index in [0.29, 0.717) is 0 Å². The van der Waals surface area contributed by atoms with E-state index in [9.17, 15) is 0 Å². The summed E-state index contributed by atoms with van der Waals surface area (Å²) in [7, 11) is 3.47. The van der Waals surface area contributed by atoms with E-state index in [-0.39, 0.29) is 0 Å². The summed E-state index contributed by atoms with van der Waals surface area (Å²) in [4.78, 5) is 0. The highest BCUT2D eigenvalue weighted by Gasteiger charge is 1.73. The van der Waals surface area contributed by atoms with Crippen LogP contribution in [0.1, 0.15) is 0 Å². The molecule has 56 valence electrons. The molecule has 0 atom stereocenters. The fourth-order valence-corrected chi connectivity index (χ4v) is 0.219. The van der Waals surface area contributed by atoms with Gasteiger partial charge >= 0.3 is 0 Å². The van der Waals surface area contributed by atoms with Crippen LogP contribution in [0.2, 0.25) is 0 Å². The number of hydrazine groups is 6. The van der Waals surface area contributed by atoms with Crippen LogP contribution in [-0.2, 0) is 0 Å². The lowest BCUT2D eigenvalue weighted by Gasteiger charge is -2.08. The number of rotatable bonds is 6. The van der Waals surface area contributed by atoms with Gasteiger partial charge in [-0.25, -0.2) is 10.9 Å². The summed E-state index contributed by atoms with van der Waals surface area (Å²) in [5.41, 5.74) is 18.0. The Morgan fingerprint density at radius 3 is 1.22 bits per heavy atom. The normalized spacial score (nSPS) is 10.0. The first-order valence-electron chi connectivity index (χ1n) is 2.50. The van der Waals surface area contributed by atoms with Gasteiger partial charge in [-0.1, -0.05) is 0 Å². The molecule has 7 heteroatoms. The van der Waals surface area contributed by atoms with Gasteiger partial charge in [-0.15, -0.1) is 0 Å². The third kappa shape index (κ3) is 7.72. The molecule has 0 radical (unpaired) electrons. The van der Waals surface area contributed by atoms with Crippen LogP contribution in [0.25, 0.3) is 0 Å². The predicted octanol–water partition coefficient (Wildman–Crippen LogP) is -3.14. The van der Waals surface area contributed by atoms with Gasteiger partial charge < -0.3 is 0 Å². The molecule has 0 fully saturated rings. The Morgan fingerprint density at radius 1 is 0.556 bits per heavy atom. The summed E-state index contributed by atoms with van der Waals surface area (Å²) in [6.07, 6.45) is 0. The highest BCUT2D eigenvalue weighted by Crippen LogP contribution is 1.23. The number of hydrogen-bond acceptors (Lipinski definition) is 7. The number of hydrogen-bond donors (Lipinski definition) is 7. The Labute approximate surface area is 53.8 Å². The van der Waals surface area contributed by atoms with E-state index in [0.717, 1.165) is 0 Å². The lowest BCUT2D eigenvalue weighted by atomic mass is 11.5. The Bertz CT molecular complexity index is 40.2. The van der Waals surface area contributed by atoms with Crippen LogP contribution in [0.5, 0.6) is 0 Å². The standard InChI is InChI=1S/C2H13N7/c1-3-5-7-9-8-6-4-2/h3-9H,1-2H3. The van der Waals surface area contributed by atoms with E-state index in [1.54, 1.807) is 14.1 Å². The minimum absolute atomic E-state index is 1.74. The molecule has 0 rings (SSSR count). The van der Waals surface area contributed by atoms with Gasteiger partial charge in [0.25, 0.3) is 0 Å². The second-order valence-electron chi connectivity index (χ2n) is 1.12. The highest BCUT2D eigenvalue weighted by molar-refractivity contribution is 4.12. The highest BCUT2D eigenvalue weighted by atomic mass is 15.9. The van der Waals surface area contributed by atoms with Gasteiger partial charge in [-0.05, 0) is 14.1 Å². The van der Waals surface area contributed by atoms with E-state index in [1.807, 2.05) is 0 Å².